The van der Waals surface area contributed by atoms with E-state index >= 15 is 0 Å². The quantitative estimate of drug-likeness (QED) is 0.724. The Hall–Kier alpha value is -1.84. The molecule has 0 saturated heterocycles. The van der Waals surface area contributed by atoms with Crippen LogP contribution in [0.15, 0.2) is 36.4 Å². The highest BCUT2D eigenvalue weighted by molar-refractivity contribution is 5.99. The van der Waals surface area contributed by atoms with Gasteiger partial charge in [0.05, 0.1) is 5.56 Å². The van der Waals surface area contributed by atoms with Crippen molar-refractivity contribution in [2.75, 3.05) is 0 Å². The van der Waals surface area contributed by atoms with Gasteiger partial charge < -0.3 is 0 Å². The van der Waals surface area contributed by atoms with Crippen molar-refractivity contribution in [1.82, 2.24) is 0 Å². The fourth-order valence-electron chi connectivity index (χ4n) is 1.64. The molecule has 1 radical (unpaired) electrons. The Morgan fingerprint density at radius 1 is 0.938 bits per heavy atom. The van der Waals surface area contributed by atoms with Crippen LogP contribution in [0.2, 0.25) is 0 Å². The molecule has 0 N–H and O–H groups in total. The molecule has 2 rings (SSSR count). The molecule has 0 amide bonds. The maximum Gasteiger partial charge on any atom is 0.417 e. The highest BCUT2D eigenvalue weighted by Gasteiger charge is 2.32. The lowest BCUT2D eigenvalue weighted by atomic mass is 10.00. The Morgan fingerprint density at radius 3 is 2.12 bits per heavy atom. The average molecular weight is 223 g/mol. The number of hydrogen-bond acceptors (Lipinski definition) is 1. The lowest BCUT2D eigenvalue weighted by Gasteiger charge is -2.10. The first-order valence-electron chi connectivity index (χ1n) is 4.51. The van der Waals surface area contributed by atoms with E-state index in [-0.39, 0.29) is 16.3 Å². The number of hydrogen-bond donors (Lipinski definition) is 0. The number of halogens is 3. The van der Waals surface area contributed by atoms with Crippen LogP contribution in [0, 0.1) is 0 Å². The molecular formula is C12H6F3O. The number of carbonyl (C=O) groups excluding carboxylic acids is 1. The van der Waals surface area contributed by atoms with Crippen LogP contribution in [0.3, 0.4) is 0 Å². The van der Waals surface area contributed by atoms with E-state index in [4.69, 9.17) is 0 Å². The minimum absolute atomic E-state index is 0.0239. The number of alkyl halides is 3. The Labute approximate surface area is 89.5 Å². The summed E-state index contributed by atoms with van der Waals surface area (Å²) in [6.07, 6.45) is -2.78. The summed E-state index contributed by atoms with van der Waals surface area (Å²) in [6, 6.07) is 7.96. The molecule has 0 fully saturated rings. The van der Waals surface area contributed by atoms with Gasteiger partial charge in [-0.1, -0.05) is 24.3 Å². The molecule has 0 saturated carbocycles. The average Bonchev–Trinajstić information content (AvgIpc) is 2.26. The van der Waals surface area contributed by atoms with E-state index in [2.05, 4.69) is 0 Å². The molecule has 1 nitrogen and oxygen atoms in total. The second-order valence-corrected chi connectivity index (χ2v) is 3.31. The van der Waals surface area contributed by atoms with Gasteiger partial charge in [-0.3, -0.25) is 4.79 Å². The minimum Gasteiger partial charge on any atom is -0.285 e. The first kappa shape index (κ1) is 10.7. The van der Waals surface area contributed by atoms with Gasteiger partial charge in [-0.25, -0.2) is 0 Å². The van der Waals surface area contributed by atoms with Gasteiger partial charge in [-0.15, -0.1) is 0 Å². The van der Waals surface area contributed by atoms with Crippen LogP contribution in [0.1, 0.15) is 11.1 Å². The Morgan fingerprint density at radius 2 is 1.56 bits per heavy atom. The van der Waals surface area contributed by atoms with Gasteiger partial charge in [0.25, 0.3) is 0 Å². The molecule has 2 aromatic rings. The summed E-state index contributed by atoms with van der Waals surface area (Å²) in [4.78, 5) is 10.6. The highest BCUT2D eigenvalue weighted by atomic mass is 19.4. The van der Waals surface area contributed by atoms with E-state index in [1.807, 2.05) is 0 Å². The molecule has 0 aliphatic heterocycles. The normalized spacial score (nSPS) is 11.7. The zero-order valence-electron chi connectivity index (χ0n) is 8.01. The lowest BCUT2D eigenvalue weighted by molar-refractivity contribution is -0.136. The van der Waals surface area contributed by atoms with Crippen molar-refractivity contribution >= 4 is 17.1 Å². The summed E-state index contributed by atoms with van der Waals surface area (Å²) >= 11 is 0. The molecule has 0 spiro atoms. The van der Waals surface area contributed by atoms with E-state index in [1.165, 1.54) is 18.2 Å². The van der Waals surface area contributed by atoms with Crippen LogP contribution in [0.5, 0.6) is 0 Å². The van der Waals surface area contributed by atoms with E-state index < -0.39 is 11.7 Å². The van der Waals surface area contributed by atoms with Crippen molar-refractivity contribution in [2.45, 2.75) is 6.18 Å². The van der Waals surface area contributed by atoms with Crippen molar-refractivity contribution in [3.63, 3.8) is 0 Å². The van der Waals surface area contributed by atoms with Crippen LogP contribution < -0.4 is 0 Å². The first-order chi connectivity index (χ1) is 7.54. The van der Waals surface area contributed by atoms with E-state index in [9.17, 15) is 18.0 Å². The van der Waals surface area contributed by atoms with Crippen LogP contribution in [-0.2, 0) is 11.0 Å². The Bertz CT molecular complexity index is 543. The molecule has 0 atom stereocenters. The SMILES string of the molecule is O=[C]c1ccc(C(F)(F)F)c2ccccc12. The van der Waals surface area contributed by atoms with Gasteiger partial charge in [0.1, 0.15) is 0 Å². The number of fused-ring (bicyclic) bond motifs is 1. The lowest BCUT2D eigenvalue weighted by Crippen LogP contribution is -2.06. The molecule has 0 unspecified atom stereocenters. The maximum absolute atomic E-state index is 12.7. The predicted octanol–water partition coefficient (Wildman–Crippen LogP) is 3.32. The van der Waals surface area contributed by atoms with Crippen LogP contribution >= 0.6 is 0 Å². The van der Waals surface area contributed by atoms with Crippen LogP contribution in [-0.4, -0.2) is 6.29 Å². The second-order valence-electron chi connectivity index (χ2n) is 3.31. The molecule has 2 aromatic carbocycles. The molecule has 4 heteroatoms. The monoisotopic (exact) mass is 223 g/mol. The van der Waals surface area contributed by atoms with Crippen LogP contribution in [0.4, 0.5) is 13.2 Å². The molecule has 0 aromatic heterocycles. The van der Waals surface area contributed by atoms with Crippen molar-refractivity contribution in [3.8, 4) is 0 Å². The third-order valence-corrected chi connectivity index (χ3v) is 2.34. The first-order valence-corrected chi connectivity index (χ1v) is 4.51. The van der Waals surface area contributed by atoms with Crippen molar-refractivity contribution in [1.29, 1.82) is 0 Å². The summed E-state index contributed by atoms with van der Waals surface area (Å²) < 4.78 is 38.0. The third-order valence-electron chi connectivity index (χ3n) is 2.34. The summed E-state index contributed by atoms with van der Waals surface area (Å²) in [5.41, 5.74) is -0.592. The van der Waals surface area contributed by atoms with E-state index in [0.29, 0.717) is 0 Å². The Kier molecular flexibility index (Phi) is 2.42. The second kappa shape index (κ2) is 3.63. The van der Waals surface area contributed by atoms with Crippen molar-refractivity contribution < 1.29 is 18.0 Å². The van der Waals surface area contributed by atoms with Gasteiger partial charge in [0.2, 0.25) is 6.29 Å². The summed E-state index contributed by atoms with van der Waals surface area (Å²) in [6.45, 7) is 0. The third kappa shape index (κ3) is 1.66. The van der Waals surface area contributed by atoms with Gasteiger partial charge in [0.15, 0.2) is 0 Å². The zero-order valence-corrected chi connectivity index (χ0v) is 8.01. The maximum atomic E-state index is 12.7. The van der Waals surface area contributed by atoms with Gasteiger partial charge in [0, 0.05) is 5.56 Å². The van der Waals surface area contributed by atoms with Gasteiger partial charge in [-0.05, 0) is 22.9 Å². The number of benzene rings is 2. The molecule has 0 aliphatic carbocycles. The van der Waals surface area contributed by atoms with Crippen molar-refractivity contribution in [2.24, 2.45) is 0 Å². The van der Waals surface area contributed by atoms with Gasteiger partial charge in [-0.2, -0.15) is 13.2 Å². The standard InChI is InChI=1S/C12H6F3O/c13-12(14,15)11-6-5-8(7-16)9-3-1-2-4-10(9)11/h1-6H. The fraction of sp³-hybridized carbons (Fsp3) is 0.0833. The number of rotatable bonds is 1. The zero-order chi connectivity index (χ0) is 11.8. The van der Waals surface area contributed by atoms with Gasteiger partial charge >= 0.3 is 6.18 Å². The predicted molar refractivity (Wildman–Crippen MR) is 53.7 cm³/mol. The summed E-state index contributed by atoms with van der Waals surface area (Å²) in [7, 11) is 0. The van der Waals surface area contributed by atoms with E-state index in [1.54, 1.807) is 12.4 Å². The largest absolute Gasteiger partial charge is 0.417 e. The molecular weight excluding hydrogens is 217 g/mol. The fourth-order valence-corrected chi connectivity index (χ4v) is 1.64. The minimum atomic E-state index is -4.42. The highest BCUT2D eigenvalue weighted by Crippen LogP contribution is 2.35. The summed E-state index contributed by atoms with van der Waals surface area (Å²) in [5.74, 6) is 0. The van der Waals surface area contributed by atoms with E-state index in [0.717, 1.165) is 12.1 Å². The molecule has 0 bridgehead atoms. The smallest absolute Gasteiger partial charge is 0.285 e. The molecule has 16 heavy (non-hydrogen) atoms. The Balaban J connectivity index is 2.85. The molecule has 81 valence electrons. The van der Waals surface area contributed by atoms with Crippen molar-refractivity contribution in [3.05, 3.63) is 47.5 Å². The molecule has 0 aliphatic rings. The molecule has 0 heterocycles. The topological polar surface area (TPSA) is 17.1 Å². The van der Waals surface area contributed by atoms with Crippen LogP contribution in [0.25, 0.3) is 10.8 Å². The summed E-state index contributed by atoms with van der Waals surface area (Å²) in [5, 5.41) is 0.295.